The molecule has 0 spiro atoms. The van der Waals surface area contributed by atoms with Gasteiger partial charge in [0.05, 0.1) is 11.7 Å². The Hall–Kier alpha value is -2.21. The Morgan fingerprint density at radius 2 is 2.13 bits per heavy atom. The molecule has 0 amide bonds. The number of anilines is 1. The van der Waals surface area contributed by atoms with Crippen molar-refractivity contribution in [3.63, 3.8) is 0 Å². The van der Waals surface area contributed by atoms with Crippen LogP contribution in [0.4, 0.5) is 5.82 Å². The third-order valence-electron chi connectivity index (χ3n) is 4.19. The van der Waals surface area contributed by atoms with Gasteiger partial charge in [0.25, 0.3) is 0 Å². The van der Waals surface area contributed by atoms with E-state index in [-0.39, 0.29) is 0 Å². The molecule has 3 aromatic rings. The number of imidazole rings is 1. The highest BCUT2D eigenvalue weighted by atomic mass is 79.9. The van der Waals surface area contributed by atoms with Gasteiger partial charge in [-0.05, 0) is 46.5 Å². The van der Waals surface area contributed by atoms with E-state index in [0.29, 0.717) is 6.04 Å². The van der Waals surface area contributed by atoms with Crippen molar-refractivity contribution in [1.29, 1.82) is 0 Å². The quantitative estimate of drug-likeness (QED) is 0.704. The lowest BCUT2D eigenvalue weighted by Gasteiger charge is -2.26. The summed E-state index contributed by atoms with van der Waals surface area (Å²) in [6, 6.07) is 8.60. The summed E-state index contributed by atoms with van der Waals surface area (Å²) < 4.78 is 2.81. The van der Waals surface area contributed by atoms with Gasteiger partial charge in [0.1, 0.15) is 16.7 Å². The predicted octanol–water partition coefficient (Wildman–Crippen LogP) is 3.77. The minimum Gasteiger partial charge on any atom is -0.349 e. The lowest BCUT2D eigenvalue weighted by atomic mass is 10.1. The number of rotatable bonds is 3. The van der Waals surface area contributed by atoms with Gasteiger partial charge in [-0.3, -0.25) is 4.98 Å². The normalized spacial score (nSPS) is 17.6. The van der Waals surface area contributed by atoms with Gasteiger partial charge < -0.3 is 9.47 Å². The Bertz CT molecular complexity index is 802. The van der Waals surface area contributed by atoms with Crippen LogP contribution in [0.5, 0.6) is 0 Å². The van der Waals surface area contributed by atoms with Crippen LogP contribution in [-0.2, 0) is 0 Å². The minimum absolute atomic E-state index is 0.348. The van der Waals surface area contributed by atoms with E-state index in [2.05, 4.69) is 47.9 Å². The Balaban J connectivity index is 1.67. The fourth-order valence-corrected chi connectivity index (χ4v) is 3.44. The van der Waals surface area contributed by atoms with Gasteiger partial charge in [-0.1, -0.05) is 6.07 Å². The van der Waals surface area contributed by atoms with Crippen LogP contribution in [0.15, 0.2) is 60.0 Å². The molecule has 1 atom stereocenters. The van der Waals surface area contributed by atoms with Crippen LogP contribution in [0.3, 0.4) is 0 Å². The highest BCUT2D eigenvalue weighted by molar-refractivity contribution is 9.10. The molecule has 1 fully saturated rings. The Kier molecular flexibility index (Phi) is 3.83. The second-order valence-electron chi connectivity index (χ2n) is 5.61. The molecule has 1 unspecified atom stereocenters. The van der Waals surface area contributed by atoms with Crippen molar-refractivity contribution in [2.75, 3.05) is 11.4 Å². The molecule has 1 saturated heterocycles. The van der Waals surface area contributed by atoms with Crippen molar-refractivity contribution in [2.24, 2.45) is 0 Å². The SMILES string of the molecule is Brc1cn(-c2ccnc(N3CCCC3c3cccnc3)c2)cn1. The van der Waals surface area contributed by atoms with E-state index in [1.54, 1.807) is 6.33 Å². The molecule has 1 aliphatic rings. The Labute approximate surface area is 143 Å². The Morgan fingerprint density at radius 3 is 2.91 bits per heavy atom. The van der Waals surface area contributed by atoms with Crippen molar-refractivity contribution in [1.82, 2.24) is 19.5 Å². The van der Waals surface area contributed by atoms with Crippen LogP contribution in [0.1, 0.15) is 24.4 Å². The first-order valence-electron chi connectivity index (χ1n) is 7.64. The molecule has 5 nitrogen and oxygen atoms in total. The number of hydrogen-bond donors (Lipinski definition) is 0. The maximum absolute atomic E-state index is 4.59. The molecular weight excluding hydrogens is 354 g/mol. The van der Waals surface area contributed by atoms with E-state index in [1.165, 1.54) is 12.0 Å². The highest BCUT2D eigenvalue weighted by Gasteiger charge is 2.27. The number of halogens is 1. The molecule has 0 radical (unpaired) electrons. The highest BCUT2D eigenvalue weighted by Crippen LogP contribution is 2.35. The number of aromatic nitrogens is 4. The first kappa shape index (κ1) is 14.4. The van der Waals surface area contributed by atoms with E-state index in [1.807, 2.05) is 41.5 Å². The van der Waals surface area contributed by atoms with Gasteiger partial charge in [0.2, 0.25) is 0 Å². The average molecular weight is 370 g/mol. The molecule has 4 rings (SSSR count). The fourth-order valence-electron chi connectivity index (χ4n) is 3.13. The van der Waals surface area contributed by atoms with Crippen molar-refractivity contribution < 1.29 is 0 Å². The molecule has 6 heteroatoms. The largest absolute Gasteiger partial charge is 0.349 e. The summed E-state index contributed by atoms with van der Waals surface area (Å²) in [6.07, 6.45) is 11.7. The molecule has 116 valence electrons. The summed E-state index contributed by atoms with van der Waals surface area (Å²) in [4.78, 5) is 15.4. The lowest BCUT2D eigenvalue weighted by Crippen LogP contribution is -2.23. The molecule has 0 bridgehead atoms. The summed E-state index contributed by atoms with van der Waals surface area (Å²) in [5.41, 5.74) is 2.31. The number of nitrogens with zero attached hydrogens (tertiary/aromatic N) is 5. The van der Waals surface area contributed by atoms with Crippen molar-refractivity contribution in [3.05, 3.63) is 65.5 Å². The number of pyridine rings is 2. The zero-order valence-corrected chi connectivity index (χ0v) is 14.1. The van der Waals surface area contributed by atoms with Gasteiger partial charge in [0, 0.05) is 37.4 Å². The lowest BCUT2D eigenvalue weighted by molar-refractivity contribution is 0.707. The average Bonchev–Trinajstić information content (AvgIpc) is 3.25. The van der Waals surface area contributed by atoms with Gasteiger partial charge in [-0.25, -0.2) is 9.97 Å². The summed E-state index contributed by atoms with van der Waals surface area (Å²) in [5, 5.41) is 0. The summed E-state index contributed by atoms with van der Waals surface area (Å²) in [7, 11) is 0. The van der Waals surface area contributed by atoms with Crippen molar-refractivity contribution in [2.45, 2.75) is 18.9 Å². The standard InChI is InChI=1S/C17H16BrN5/c18-16-11-22(12-21-16)14-5-7-20-17(9-14)23-8-2-4-15(23)13-3-1-6-19-10-13/h1,3,5-7,9-12,15H,2,4,8H2. The maximum atomic E-state index is 4.59. The molecular formula is C17H16BrN5. The zero-order valence-electron chi connectivity index (χ0n) is 12.5. The summed E-state index contributed by atoms with van der Waals surface area (Å²) >= 11 is 3.39. The van der Waals surface area contributed by atoms with Gasteiger partial charge >= 0.3 is 0 Å². The van der Waals surface area contributed by atoms with Crippen molar-refractivity contribution in [3.8, 4) is 5.69 Å². The minimum atomic E-state index is 0.348. The molecule has 23 heavy (non-hydrogen) atoms. The molecule has 1 aliphatic heterocycles. The van der Waals surface area contributed by atoms with Gasteiger partial charge in [-0.15, -0.1) is 0 Å². The van der Waals surface area contributed by atoms with E-state index < -0.39 is 0 Å². The van der Waals surface area contributed by atoms with Crippen molar-refractivity contribution >= 4 is 21.7 Å². The topological polar surface area (TPSA) is 46.8 Å². The van der Waals surface area contributed by atoms with Crippen LogP contribution < -0.4 is 4.90 Å². The molecule has 3 aromatic heterocycles. The maximum Gasteiger partial charge on any atom is 0.131 e. The summed E-state index contributed by atoms with van der Waals surface area (Å²) in [5.74, 6) is 0.999. The third-order valence-corrected chi connectivity index (χ3v) is 4.60. The van der Waals surface area contributed by atoms with E-state index in [9.17, 15) is 0 Å². The monoisotopic (exact) mass is 369 g/mol. The van der Waals surface area contributed by atoms with Crippen LogP contribution in [0.2, 0.25) is 0 Å². The smallest absolute Gasteiger partial charge is 0.131 e. The Morgan fingerprint density at radius 1 is 1.17 bits per heavy atom. The predicted molar refractivity (Wildman–Crippen MR) is 92.6 cm³/mol. The second-order valence-corrected chi connectivity index (χ2v) is 6.43. The number of hydrogen-bond acceptors (Lipinski definition) is 4. The van der Waals surface area contributed by atoms with Crippen LogP contribution >= 0.6 is 15.9 Å². The van der Waals surface area contributed by atoms with Crippen LogP contribution in [-0.4, -0.2) is 26.1 Å². The summed E-state index contributed by atoms with van der Waals surface area (Å²) in [6.45, 7) is 1.02. The first-order valence-corrected chi connectivity index (χ1v) is 8.43. The first-order chi connectivity index (χ1) is 11.3. The fraction of sp³-hybridized carbons (Fsp3) is 0.235. The van der Waals surface area contributed by atoms with Crippen LogP contribution in [0, 0.1) is 0 Å². The molecule has 4 heterocycles. The zero-order chi connectivity index (χ0) is 15.6. The van der Waals surface area contributed by atoms with Gasteiger partial charge in [-0.2, -0.15) is 0 Å². The van der Waals surface area contributed by atoms with E-state index in [0.717, 1.165) is 29.1 Å². The second kappa shape index (κ2) is 6.12. The van der Waals surface area contributed by atoms with E-state index in [4.69, 9.17) is 0 Å². The van der Waals surface area contributed by atoms with Crippen LogP contribution in [0.25, 0.3) is 5.69 Å². The molecule has 0 aromatic carbocycles. The van der Waals surface area contributed by atoms with E-state index >= 15 is 0 Å². The third kappa shape index (κ3) is 2.86. The molecule has 0 N–H and O–H groups in total. The molecule has 0 saturated carbocycles. The van der Waals surface area contributed by atoms with Gasteiger partial charge in [0.15, 0.2) is 0 Å². The molecule has 0 aliphatic carbocycles.